The molecule has 0 aliphatic rings. The van der Waals surface area contributed by atoms with Gasteiger partial charge in [-0.05, 0) is 25.5 Å². The Labute approximate surface area is 94.1 Å². The highest BCUT2D eigenvalue weighted by Crippen LogP contribution is 2.19. The third kappa shape index (κ3) is 2.13. The van der Waals surface area contributed by atoms with Gasteiger partial charge < -0.3 is 16.0 Å². The van der Waals surface area contributed by atoms with Crippen LogP contribution in [0.3, 0.4) is 0 Å². The van der Waals surface area contributed by atoms with Crippen molar-refractivity contribution in [1.82, 2.24) is 15.0 Å². The minimum atomic E-state index is 0.0878. The third-order valence-electron chi connectivity index (χ3n) is 2.38. The first-order chi connectivity index (χ1) is 7.66. The van der Waals surface area contributed by atoms with Crippen molar-refractivity contribution >= 4 is 11.5 Å². The number of imidazole rings is 1. The van der Waals surface area contributed by atoms with E-state index in [1.807, 2.05) is 19.9 Å². The standard InChI is InChI=1S/C11H15N5/c1-7-5-9(12)6-15-10(7)16-8(2)11-13-3-4-14-11/h3-6,8H,12H2,1-2H3,(H,13,14)(H,15,16). The van der Waals surface area contributed by atoms with Gasteiger partial charge in [-0.2, -0.15) is 0 Å². The molecule has 0 amide bonds. The molecule has 0 aliphatic heterocycles. The quantitative estimate of drug-likeness (QED) is 0.733. The van der Waals surface area contributed by atoms with Gasteiger partial charge in [0.05, 0.1) is 17.9 Å². The number of aromatic nitrogens is 3. The monoisotopic (exact) mass is 217 g/mol. The molecule has 0 bridgehead atoms. The summed E-state index contributed by atoms with van der Waals surface area (Å²) in [5.41, 5.74) is 7.35. The highest BCUT2D eigenvalue weighted by molar-refractivity contribution is 5.51. The van der Waals surface area contributed by atoms with Gasteiger partial charge >= 0.3 is 0 Å². The maximum absolute atomic E-state index is 5.64. The van der Waals surface area contributed by atoms with E-state index >= 15 is 0 Å². The lowest BCUT2D eigenvalue weighted by atomic mass is 10.2. The topological polar surface area (TPSA) is 79.6 Å². The van der Waals surface area contributed by atoms with Crippen LogP contribution in [0, 0.1) is 6.92 Å². The zero-order valence-corrected chi connectivity index (χ0v) is 9.36. The summed E-state index contributed by atoms with van der Waals surface area (Å²) >= 11 is 0. The van der Waals surface area contributed by atoms with Gasteiger partial charge in [-0.1, -0.05) is 0 Å². The predicted octanol–water partition coefficient (Wildman–Crippen LogP) is 1.87. The molecule has 0 aliphatic carbocycles. The molecule has 84 valence electrons. The highest BCUT2D eigenvalue weighted by Gasteiger charge is 2.09. The van der Waals surface area contributed by atoms with Crippen LogP contribution in [-0.2, 0) is 0 Å². The van der Waals surface area contributed by atoms with E-state index in [-0.39, 0.29) is 6.04 Å². The fourth-order valence-corrected chi connectivity index (χ4v) is 1.54. The van der Waals surface area contributed by atoms with Gasteiger partial charge in [-0.15, -0.1) is 0 Å². The Bertz CT molecular complexity index is 463. The van der Waals surface area contributed by atoms with Crippen LogP contribution in [0.4, 0.5) is 11.5 Å². The SMILES string of the molecule is Cc1cc(N)cnc1NC(C)c1ncc[nH]1. The Morgan fingerprint density at radius 1 is 1.44 bits per heavy atom. The highest BCUT2D eigenvalue weighted by atomic mass is 15.1. The van der Waals surface area contributed by atoms with E-state index in [0.717, 1.165) is 17.2 Å². The molecule has 2 aromatic heterocycles. The van der Waals surface area contributed by atoms with Crippen molar-refractivity contribution < 1.29 is 0 Å². The maximum Gasteiger partial charge on any atom is 0.129 e. The molecule has 5 nitrogen and oxygen atoms in total. The van der Waals surface area contributed by atoms with Gasteiger partial charge in [0, 0.05) is 12.4 Å². The van der Waals surface area contributed by atoms with Crippen LogP contribution in [-0.4, -0.2) is 15.0 Å². The number of nitrogens with one attached hydrogen (secondary N) is 2. The van der Waals surface area contributed by atoms with Gasteiger partial charge in [0.2, 0.25) is 0 Å². The normalized spacial score (nSPS) is 12.4. The molecule has 2 aromatic rings. The van der Waals surface area contributed by atoms with E-state index in [1.165, 1.54) is 0 Å². The Morgan fingerprint density at radius 3 is 2.88 bits per heavy atom. The second-order valence-corrected chi connectivity index (χ2v) is 3.77. The number of aromatic amines is 1. The molecule has 16 heavy (non-hydrogen) atoms. The molecule has 0 aromatic carbocycles. The zero-order valence-electron chi connectivity index (χ0n) is 9.36. The van der Waals surface area contributed by atoms with Crippen LogP contribution in [0.1, 0.15) is 24.4 Å². The molecule has 0 spiro atoms. The Balaban J connectivity index is 2.15. The van der Waals surface area contributed by atoms with Crippen LogP contribution >= 0.6 is 0 Å². The van der Waals surface area contributed by atoms with Crippen molar-refractivity contribution in [2.24, 2.45) is 0 Å². The number of hydrogen-bond acceptors (Lipinski definition) is 4. The summed E-state index contributed by atoms with van der Waals surface area (Å²) in [5, 5.41) is 3.28. The molecule has 2 rings (SSSR count). The smallest absolute Gasteiger partial charge is 0.129 e. The summed E-state index contributed by atoms with van der Waals surface area (Å²) in [7, 11) is 0. The lowest BCUT2D eigenvalue weighted by molar-refractivity contribution is 0.802. The number of rotatable bonds is 3. The molecular formula is C11H15N5. The van der Waals surface area contributed by atoms with E-state index in [9.17, 15) is 0 Å². The Hall–Kier alpha value is -2.04. The van der Waals surface area contributed by atoms with Crippen molar-refractivity contribution in [2.75, 3.05) is 11.1 Å². The molecule has 5 heteroatoms. The van der Waals surface area contributed by atoms with Crippen LogP contribution in [0.25, 0.3) is 0 Å². The van der Waals surface area contributed by atoms with Crippen molar-refractivity contribution in [3.8, 4) is 0 Å². The fraction of sp³-hybridized carbons (Fsp3) is 0.273. The number of aryl methyl sites for hydroxylation is 1. The van der Waals surface area contributed by atoms with E-state index in [4.69, 9.17) is 5.73 Å². The van der Waals surface area contributed by atoms with Crippen LogP contribution < -0.4 is 11.1 Å². The van der Waals surface area contributed by atoms with Crippen LogP contribution in [0.15, 0.2) is 24.7 Å². The molecule has 0 radical (unpaired) electrons. The number of hydrogen-bond donors (Lipinski definition) is 3. The van der Waals surface area contributed by atoms with E-state index in [2.05, 4.69) is 20.3 Å². The Kier molecular flexibility index (Phi) is 2.76. The second-order valence-electron chi connectivity index (χ2n) is 3.77. The minimum Gasteiger partial charge on any atom is -0.397 e. The fourth-order valence-electron chi connectivity index (χ4n) is 1.54. The molecule has 0 saturated carbocycles. The zero-order chi connectivity index (χ0) is 11.5. The van der Waals surface area contributed by atoms with Crippen LogP contribution in [0.2, 0.25) is 0 Å². The molecular weight excluding hydrogens is 202 g/mol. The number of nitrogens with zero attached hydrogens (tertiary/aromatic N) is 2. The second kappa shape index (κ2) is 4.22. The predicted molar refractivity (Wildman–Crippen MR) is 64.0 cm³/mol. The summed E-state index contributed by atoms with van der Waals surface area (Å²) in [6, 6.07) is 1.98. The van der Waals surface area contributed by atoms with Gasteiger partial charge in [0.25, 0.3) is 0 Å². The summed E-state index contributed by atoms with van der Waals surface area (Å²) in [5.74, 6) is 1.72. The number of nitrogens with two attached hydrogens (primary N) is 1. The summed E-state index contributed by atoms with van der Waals surface area (Å²) in [4.78, 5) is 11.5. The molecule has 4 N–H and O–H groups in total. The van der Waals surface area contributed by atoms with E-state index in [0.29, 0.717) is 5.69 Å². The van der Waals surface area contributed by atoms with Gasteiger partial charge in [0.15, 0.2) is 0 Å². The first kappa shape index (κ1) is 10.5. The summed E-state index contributed by atoms with van der Waals surface area (Å²) in [6.07, 6.45) is 5.18. The molecule has 2 heterocycles. The number of H-pyrrole nitrogens is 1. The maximum atomic E-state index is 5.64. The van der Waals surface area contributed by atoms with E-state index < -0.39 is 0 Å². The number of pyridine rings is 1. The lowest BCUT2D eigenvalue weighted by Gasteiger charge is -2.14. The lowest BCUT2D eigenvalue weighted by Crippen LogP contribution is -2.10. The molecule has 0 fully saturated rings. The van der Waals surface area contributed by atoms with Crippen molar-refractivity contribution in [1.29, 1.82) is 0 Å². The average molecular weight is 217 g/mol. The average Bonchev–Trinajstić information content (AvgIpc) is 2.75. The Morgan fingerprint density at radius 2 is 2.25 bits per heavy atom. The van der Waals surface area contributed by atoms with Gasteiger partial charge in [0.1, 0.15) is 11.6 Å². The third-order valence-corrected chi connectivity index (χ3v) is 2.38. The molecule has 1 atom stereocenters. The molecule has 1 unspecified atom stereocenters. The number of nitrogen functional groups attached to an aromatic ring is 1. The van der Waals surface area contributed by atoms with Crippen molar-refractivity contribution in [2.45, 2.75) is 19.9 Å². The summed E-state index contributed by atoms with van der Waals surface area (Å²) < 4.78 is 0. The number of anilines is 2. The van der Waals surface area contributed by atoms with Gasteiger partial charge in [-0.25, -0.2) is 9.97 Å². The first-order valence-electron chi connectivity index (χ1n) is 5.15. The van der Waals surface area contributed by atoms with Crippen molar-refractivity contribution in [3.05, 3.63) is 36.0 Å². The van der Waals surface area contributed by atoms with E-state index in [1.54, 1.807) is 18.6 Å². The first-order valence-corrected chi connectivity index (χ1v) is 5.15. The van der Waals surface area contributed by atoms with Crippen LogP contribution in [0.5, 0.6) is 0 Å². The molecule has 0 saturated heterocycles. The largest absolute Gasteiger partial charge is 0.397 e. The summed E-state index contributed by atoms with van der Waals surface area (Å²) in [6.45, 7) is 4.00. The van der Waals surface area contributed by atoms with Crippen molar-refractivity contribution in [3.63, 3.8) is 0 Å². The minimum absolute atomic E-state index is 0.0878. The van der Waals surface area contributed by atoms with Gasteiger partial charge in [-0.3, -0.25) is 0 Å².